The molecule has 1 saturated carbocycles. The molecule has 2 atom stereocenters. The Morgan fingerprint density at radius 3 is 2.06 bits per heavy atom. The molecule has 0 radical (unpaired) electrons. The first-order chi connectivity index (χ1) is 16.6. The molecule has 3 aromatic rings. The molecule has 2 unspecified atom stereocenters. The van der Waals surface area contributed by atoms with Crippen molar-refractivity contribution in [2.45, 2.75) is 31.5 Å². The number of nitrogens with zero attached hydrogens (tertiary/aromatic N) is 2. The van der Waals surface area contributed by atoms with Crippen molar-refractivity contribution < 1.29 is 14.4 Å². The predicted molar refractivity (Wildman–Crippen MR) is 128 cm³/mol. The second-order valence-corrected chi connectivity index (χ2v) is 8.93. The van der Waals surface area contributed by atoms with Gasteiger partial charge in [0.2, 0.25) is 5.91 Å². The summed E-state index contributed by atoms with van der Waals surface area (Å²) < 4.78 is 0. The van der Waals surface area contributed by atoms with E-state index in [0.29, 0.717) is 5.92 Å². The van der Waals surface area contributed by atoms with Crippen LogP contribution in [0.3, 0.4) is 0 Å². The van der Waals surface area contributed by atoms with Gasteiger partial charge in [0.05, 0.1) is 6.04 Å². The number of imide groups is 1. The average Bonchev–Trinajstić information content (AvgIpc) is 3.69. The fraction of sp³-hybridized carbons (Fsp3) is 0.250. The first-order valence-corrected chi connectivity index (χ1v) is 11.7. The monoisotopic (exact) mass is 453 g/mol. The Bertz CT molecular complexity index is 1160. The molecule has 3 aromatic carbocycles. The summed E-state index contributed by atoms with van der Waals surface area (Å²) in [6.45, 7) is 0.000150. The van der Waals surface area contributed by atoms with Crippen LogP contribution in [0.2, 0.25) is 0 Å². The molecule has 6 heteroatoms. The van der Waals surface area contributed by atoms with Gasteiger partial charge in [0.15, 0.2) is 0 Å². The lowest BCUT2D eigenvalue weighted by Crippen LogP contribution is -2.42. The van der Waals surface area contributed by atoms with Crippen molar-refractivity contribution >= 4 is 17.8 Å². The van der Waals surface area contributed by atoms with Gasteiger partial charge in [-0.3, -0.25) is 14.5 Å². The van der Waals surface area contributed by atoms with Gasteiger partial charge >= 0.3 is 6.03 Å². The Hall–Kier alpha value is -3.93. The maximum atomic E-state index is 13.4. The van der Waals surface area contributed by atoms with E-state index in [1.54, 1.807) is 4.90 Å². The number of urea groups is 1. The van der Waals surface area contributed by atoms with Crippen molar-refractivity contribution in [3.8, 4) is 0 Å². The van der Waals surface area contributed by atoms with Crippen molar-refractivity contribution in [2.24, 2.45) is 5.92 Å². The van der Waals surface area contributed by atoms with E-state index in [1.807, 2.05) is 91.0 Å². The number of hydrogen-bond donors (Lipinski definition) is 1. The molecule has 1 aliphatic carbocycles. The first-order valence-electron chi connectivity index (χ1n) is 11.7. The molecule has 34 heavy (non-hydrogen) atoms. The number of nitrogens with one attached hydrogen (secondary N) is 1. The number of hydrogen-bond acceptors (Lipinski definition) is 3. The number of rotatable bonds is 8. The minimum atomic E-state index is -0.755. The van der Waals surface area contributed by atoms with Crippen LogP contribution in [-0.2, 0) is 16.1 Å². The SMILES string of the molecule is O=C(CN1C(=O)C(c2ccccc2)N(Cc2ccccc2)C1=O)NC(c1ccccc1)C1CC1. The summed E-state index contributed by atoms with van der Waals surface area (Å²) >= 11 is 0. The largest absolute Gasteiger partial charge is 0.347 e. The normalized spacial score (nSPS) is 18.8. The van der Waals surface area contributed by atoms with E-state index in [4.69, 9.17) is 0 Å². The highest BCUT2D eigenvalue weighted by molar-refractivity contribution is 6.06. The maximum Gasteiger partial charge on any atom is 0.328 e. The van der Waals surface area contributed by atoms with Crippen molar-refractivity contribution in [1.82, 2.24) is 15.1 Å². The lowest BCUT2D eigenvalue weighted by atomic mass is 10.0. The van der Waals surface area contributed by atoms with Gasteiger partial charge in [0, 0.05) is 6.54 Å². The fourth-order valence-electron chi connectivity index (χ4n) is 4.61. The zero-order valence-electron chi connectivity index (χ0n) is 18.8. The Labute approximate surface area is 199 Å². The van der Waals surface area contributed by atoms with Crippen LogP contribution >= 0.6 is 0 Å². The fourth-order valence-corrected chi connectivity index (χ4v) is 4.61. The van der Waals surface area contributed by atoms with Crippen LogP contribution in [0.4, 0.5) is 4.79 Å². The maximum absolute atomic E-state index is 13.4. The van der Waals surface area contributed by atoms with Gasteiger partial charge in [-0.1, -0.05) is 91.0 Å². The molecule has 5 rings (SSSR count). The summed E-state index contributed by atoms with van der Waals surface area (Å²) in [5.41, 5.74) is 2.71. The van der Waals surface area contributed by atoms with Crippen molar-refractivity contribution in [3.63, 3.8) is 0 Å². The highest BCUT2D eigenvalue weighted by Crippen LogP contribution is 2.41. The van der Waals surface area contributed by atoms with Crippen LogP contribution in [-0.4, -0.2) is 34.2 Å². The van der Waals surface area contributed by atoms with Crippen LogP contribution in [0.15, 0.2) is 91.0 Å². The molecular formula is C28H27N3O3. The molecule has 172 valence electrons. The second-order valence-electron chi connectivity index (χ2n) is 8.93. The first kappa shape index (κ1) is 21.9. The van der Waals surface area contributed by atoms with Crippen molar-refractivity contribution in [1.29, 1.82) is 0 Å². The van der Waals surface area contributed by atoms with Crippen LogP contribution in [0.1, 0.15) is 41.6 Å². The van der Waals surface area contributed by atoms with E-state index in [2.05, 4.69) is 5.32 Å². The Kier molecular flexibility index (Phi) is 6.12. The van der Waals surface area contributed by atoms with E-state index in [1.165, 1.54) is 0 Å². The molecule has 4 amide bonds. The second kappa shape index (κ2) is 9.51. The third-order valence-corrected chi connectivity index (χ3v) is 6.47. The topological polar surface area (TPSA) is 69.7 Å². The van der Waals surface area contributed by atoms with Gasteiger partial charge in [-0.15, -0.1) is 0 Å². The third-order valence-electron chi connectivity index (χ3n) is 6.47. The van der Waals surface area contributed by atoms with Gasteiger partial charge < -0.3 is 10.2 Å². The summed E-state index contributed by atoms with van der Waals surface area (Å²) in [7, 11) is 0. The van der Waals surface area contributed by atoms with Crippen LogP contribution in [0.5, 0.6) is 0 Å². The Balaban J connectivity index is 1.36. The summed E-state index contributed by atoms with van der Waals surface area (Å²) in [5.74, 6) is -0.302. The summed E-state index contributed by atoms with van der Waals surface area (Å²) in [6, 6.07) is 27.4. The summed E-state index contributed by atoms with van der Waals surface area (Å²) in [6.07, 6.45) is 2.12. The summed E-state index contributed by atoms with van der Waals surface area (Å²) in [4.78, 5) is 42.5. The molecule has 0 bridgehead atoms. The van der Waals surface area contributed by atoms with E-state index in [9.17, 15) is 14.4 Å². The minimum Gasteiger partial charge on any atom is -0.347 e. The van der Waals surface area contributed by atoms with E-state index >= 15 is 0 Å². The molecule has 6 nitrogen and oxygen atoms in total. The van der Waals surface area contributed by atoms with E-state index in [-0.39, 0.29) is 30.9 Å². The van der Waals surface area contributed by atoms with Gasteiger partial charge in [0.25, 0.3) is 5.91 Å². The molecule has 1 N–H and O–H groups in total. The van der Waals surface area contributed by atoms with Gasteiger partial charge in [-0.05, 0) is 35.4 Å². The molecule has 0 spiro atoms. The quantitative estimate of drug-likeness (QED) is 0.512. The zero-order valence-corrected chi connectivity index (χ0v) is 18.8. The smallest absolute Gasteiger partial charge is 0.328 e. The van der Waals surface area contributed by atoms with Gasteiger partial charge in [-0.25, -0.2) is 4.79 Å². The van der Waals surface area contributed by atoms with Crippen molar-refractivity contribution in [3.05, 3.63) is 108 Å². The van der Waals surface area contributed by atoms with Gasteiger partial charge in [-0.2, -0.15) is 0 Å². The van der Waals surface area contributed by atoms with Crippen molar-refractivity contribution in [2.75, 3.05) is 6.54 Å². The Morgan fingerprint density at radius 2 is 1.44 bits per heavy atom. The minimum absolute atomic E-state index is 0.105. The standard InChI is InChI=1S/C28H27N3O3/c32-24(29-25(22-16-17-22)21-12-6-2-7-13-21)19-31-27(33)26(23-14-8-3-9-15-23)30(28(31)34)18-20-10-4-1-5-11-20/h1-15,22,25-26H,16-19H2,(H,29,32). The lowest BCUT2D eigenvalue weighted by Gasteiger charge is -2.22. The highest BCUT2D eigenvalue weighted by atomic mass is 16.2. The number of carbonyl (C=O) groups excluding carboxylic acids is 3. The molecular weight excluding hydrogens is 426 g/mol. The number of benzene rings is 3. The third kappa shape index (κ3) is 4.57. The molecule has 2 fully saturated rings. The summed E-state index contributed by atoms with van der Waals surface area (Å²) in [5, 5.41) is 3.08. The van der Waals surface area contributed by atoms with Gasteiger partial charge in [0.1, 0.15) is 12.6 Å². The average molecular weight is 454 g/mol. The van der Waals surface area contributed by atoms with E-state index < -0.39 is 12.1 Å². The predicted octanol–water partition coefficient (Wildman–Crippen LogP) is 4.46. The zero-order chi connectivity index (χ0) is 23.5. The van der Waals surface area contributed by atoms with Crippen LogP contribution in [0, 0.1) is 5.92 Å². The van der Waals surface area contributed by atoms with E-state index in [0.717, 1.165) is 34.4 Å². The lowest BCUT2D eigenvalue weighted by molar-refractivity contribution is -0.133. The molecule has 1 heterocycles. The molecule has 1 saturated heterocycles. The molecule has 2 aliphatic rings. The highest BCUT2D eigenvalue weighted by Gasteiger charge is 2.46. The molecule has 1 aliphatic heterocycles. The Morgan fingerprint density at radius 1 is 0.853 bits per heavy atom. The van der Waals surface area contributed by atoms with Crippen LogP contribution in [0.25, 0.3) is 0 Å². The molecule has 0 aromatic heterocycles. The van der Waals surface area contributed by atoms with Crippen LogP contribution < -0.4 is 5.32 Å². The number of carbonyl (C=O) groups is 3. The number of amides is 4.